The van der Waals surface area contributed by atoms with Crippen molar-refractivity contribution in [1.29, 1.82) is 0 Å². The molecule has 1 atom stereocenters. The number of hydrogen-bond acceptors (Lipinski definition) is 2. The summed E-state index contributed by atoms with van der Waals surface area (Å²) in [5, 5.41) is 3.25. The van der Waals surface area contributed by atoms with Gasteiger partial charge in [0.2, 0.25) is 0 Å². The molecule has 0 saturated heterocycles. The van der Waals surface area contributed by atoms with E-state index in [0.717, 1.165) is 5.75 Å². The van der Waals surface area contributed by atoms with E-state index in [1.165, 1.54) is 11.1 Å². The molecule has 1 aromatic carbocycles. The Bertz CT molecular complexity index is 352. The van der Waals surface area contributed by atoms with Crippen LogP contribution in [0.25, 0.3) is 0 Å². The standard InChI is InChI=1S/C14H23NO/c1-10(15-5)12-9-11(14(2,3)4)7-8-13(12)16-6/h7-10,15H,1-6H3. The van der Waals surface area contributed by atoms with Crippen LogP contribution in [0.4, 0.5) is 0 Å². The Hall–Kier alpha value is -1.02. The zero-order chi connectivity index (χ0) is 12.3. The van der Waals surface area contributed by atoms with Crippen molar-refractivity contribution < 1.29 is 4.74 Å². The molecule has 0 aromatic heterocycles. The predicted octanol–water partition coefficient (Wildman–Crippen LogP) is 3.27. The van der Waals surface area contributed by atoms with Gasteiger partial charge in [-0.2, -0.15) is 0 Å². The van der Waals surface area contributed by atoms with E-state index >= 15 is 0 Å². The minimum Gasteiger partial charge on any atom is -0.496 e. The van der Waals surface area contributed by atoms with Crippen molar-refractivity contribution in [3.05, 3.63) is 29.3 Å². The van der Waals surface area contributed by atoms with E-state index in [1.54, 1.807) is 7.11 Å². The Balaban J connectivity index is 3.21. The Kier molecular flexibility index (Phi) is 3.98. The van der Waals surface area contributed by atoms with E-state index in [4.69, 9.17) is 4.74 Å². The highest BCUT2D eigenvalue weighted by molar-refractivity contribution is 5.41. The Morgan fingerprint density at radius 1 is 1.25 bits per heavy atom. The van der Waals surface area contributed by atoms with Crippen LogP contribution in [0.15, 0.2) is 18.2 Å². The highest BCUT2D eigenvalue weighted by Gasteiger charge is 2.17. The second-order valence-electron chi connectivity index (χ2n) is 5.22. The van der Waals surface area contributed by atoms with Crippen molar-refractivity contribution in [3.8, 4) is 5.75 Å². The lowest BCUT2D eigenvalue weighted by molar-refractivity contribution is 0.403. The number of hydrogen-bond donors (Lipinski definition) is 1. The molecule has 1 rings (SSSR count). The van der Waals surface area contributed by atoms with Crippen LogP contribution in [0.2, 0.25) is 0 Å². The van der Waals surface area contributed by atoms with Gasteiger partial charge in [0.05, 0.1) is 7.11 Å². The van der Waals surface area contributed by atoms with Crippen molar-refractivity contribution in [2.24, 2.45) is 0 Å². The summed E-state index contributed by atoms with van der Waals surface area (Å²) >= 11 is 0. The SMILES string of the molecule is CNC(C)c1cc(C(C)(C)C)ccc1OC. The number of ether oxygens (including phenoxy) is 1. The Labute approximate surface area is 99.0 Å². The molecule has 0 spiro atoms. The summed E-state index contributed by atoms with van der Waals surface area (Å²) in [6, 6.07) is 6.74. The normalized spacial score (nSPS) is 13.6. The first-order valence-electron chi connectivity index (χ1n) is 5.76. The molecule has 0 bridgehead atoms. The lowest BCUT2D eigenvalue weighted by atomic mass is 9.85. The van der Waals surface area contributed by atoms with Gasteiger partial charge >= 0.3 is 0 Å². The largest absolute Gasteiger partial charge is 0.496 e. The van der Waals surface area contributed by atoms with Gasteiger partial charge < -0.3 is 10.1 Å². The highest BCUT2D eigenvalue weighted by Crippen LogP contribution is 2.31. The zero-order valence-corrected chi connectivity index (χ0v) is 11.2. The fourth-order valence-electron chi connectivity index (χ4n) is 1.69. The average molecular weight is 221 g/mol. The van der Waals surface area contributed by atoms with Crippen molar-refractivity contribution >= 4 is 0 Å². The molecule has 16 heavy (non-hydrogen) atoms. The summed E-state index contributed by atoms with van der Waals surface area (Å²) in [5.74, 6) is 0.954. The van der Waals surface area contributed by atoms with Gasteiger partial charge in [-0.1, -0.05) is 32.9 Å². The van der Waals surface area contributed by atoms with Crippen LogP contribution in [0, 0.1) is 0 Å². The molecule has 2 heteroatoms. The second-order valence-corrected chi connectivity index (χ2v) is 5.22. The van der Waals surface area contributed by atoms with E-state index in [1.807, 2.05) is 7.05 Å². The molecule has 2 nitrogen and oxygen atoms in total. The lowest BCUT2D eigenvalue weighted by Gasteiger charge is -2.23. The fraction of sp³-hybridized carbons (Fsp3) is 0.571. The number of nitrogens with one attached hydrogen (secondary N) is 1. The number of rotatable bonds is 3. The average Bonchev–Trinajstić information content (AvgIpc) is 2.25. The number of methoxy groups -OCH3 is 1. The molecule has 1 aromatic rings. The Morgan fingerprint density at radius 2 is 1.88 bits per heavy atom. The molecular weight excluding hydrogens is 198 g/mol. The third-order valence-electron chi connectivity index (χ3n) is 3.00. The van der Waals surface area contributed by atoms with E-state index in [-0.39, 0.29) is 5.41 Å². The van der Waals surface area contributed by atoms with Gasteiger partial charge in [0.15, 0.2) is 0 Å². The third-order valence-corrected chi connectivity index (χ3v) is 3.00. The second kappa shape index (κ2) is 4.88. The maximum absolute atomic E-state index is 5.40. The predicted molar refractivity (Wildman–Crippen MR) is 69.2 cm³/mol. The lowest BCUT2D eigenvalue weighted by Crippen LogP contribution is -2.16. The van der Waals surface area contributed by atoms with E-state index in [2.05, 4.69) is 51.2 Å². The first-order valence-corrected chi connectivity index (χ1v) is 5.76. The van der Waals surface area contributed by atoms with Gasteiger partial charge in [-0.15, -0.1) is 0 Å². The van der Waals surface area contributed by atoms with Crippen LogP contribution in [0.1, 0.15) is 44.9 Å². The summed E-state index contributed by atoms with van der Waals surface area (Å²) < 4.78 is 5.40. The van der Waals surface area contributed by atoms with Crippen LogP contribution >= 0.6 is 0 Å². The third kappa shape index (κ3) is 2.76. The van der Waals surface area contributed by atoms with Gasteiger partial charge in [-0.25, -0.2) is 0 Å². The summed E-state index contributed by atoms with van der Waals surface area (Å²) in [4.78, 5) is 0. The molecule has 0 saturated carbocycles. The van der Waals surface area contributed by atoms with Crippen molar-refractivity contribution in [2.45, 2.75) is 39.2 Å². The maximum atomic E-state index is 5.40. The molecular formula is C14H23NO. The molecule has 0 fully saturated rings. The minimum absolute atomic E-state index is 0.175. The van der Waals surface area contributed by atoms with Crippen LogP contribution in [0.5, 0.6) is 5.75 Å². The summed E-state index contributed by atoms with van der Waals surface area (Å²) in [7, 11) is 3.69. The van der Waals surface area contributed by atoms with E-state index < -0.39 is 0 Å². The van der Waals surface area contributed by atoms with Gasteiger partial charge in [-0.05, 0) is 31.0 Å². The monoisotopic (exact) mass is 221 g/mol. The molecule has 1 N–H and O–H groups in total. The van der Waals surface area contributed by atoms with Crippen molar-refractivity contribution in [2.75, 3.05) is 14.2 Å². The van der Waals surface area contributed by atoms with Crippen molar-refractivity contribution in [3.63, 3.8) is 0 Å². The smallest absolute Gasteiger partial charge is 0.123 e. The number of benzene rings is 1. The highest BCUT2D eigenvalue weighted by atomic mass is 16.5. The maximum Gasteiger partial charge on any atom is 0.123 e. The molecule has 0 amide bonds. The Morgan fingerprint density at radius 3 is 2.31 bits per heavy atom. The van der Waals surface area contributed by atoms with Crippen molar-refractivity contribution in [1.82, 2.24) is 5.32 Å². The van der Waals surface area contributed by atoms with Gasteiger partial charge in [-0.3, -0.25) is 0 Å². The summed E-state index contributed by atoms with van der Waals surface area (Å²) in [6.45, 7) is 8.82. The van der Waals surface area contributed by atoms with Crippen LogP contribution in [0.3, 0.4) is 0 Å². The minimum atomic E-state index is 0.175. The summed E-state index contributed by atoms with van der Waals surface area (Å²) in [5.41, 5.74) is 2.73. The van der Waals surface area contributed by atoms with E-state index in [9.17, 15) is 0 Å². The molecule has 0 aliphatic rings. The molecule has 0 radical (unpaired) electrons. The first kappa shape index (κ1) is 13.0. The molecule has 1 unspecified atom stereocenters. The zero-order valence-electron chi connectivity index (χ0n) is 11.2. The molecule has 0 aliphatic heterocycles. The van der Waals surface area contributed by atoms with Gasteiger partial charge in [0.1, 0.15) is 5.75 Å². The topological polar surface area (TPSA) is 21.3 Å². The molecule has 90 valence electrons. The van der Waals surface area contributed by atoms with Crippen LogP contribution < -0.4 is 10.1 Å². The van der Waals surface area contributed by atoms with E-state index in [0.29, 0.717) is 6.04 Å². The molecule has 0 aliphatic carbocycles. The first-order chi connectivity index (χ1) is 7.40. The van der Waals surface area contributed by atoms with Gasteiger partial charge in [0, 0.05) is 11.6 Å². The van der Waals surface area contributed by atoms with Crippen LogP contribution in [-0.4, -0.2) is 14.2 Å². The molecule has 0 heterocycles. The quantitative estimate of drug-likeness (QED) is 0.845. The summed E-state index contributed by atoms with van der Waals surface area (Å²) in [6.07, 6.45) is 0. The fourth-order valence-corrected chi connectivity index (χ4v) is 1.69. The van der Waals surface area contributed by atoms with Gasteiger partial charge in [0.25, 0.3) is 0 Å². The van der Waals surface area contributed by atoms with Crippen LogP contribution in [-0.2, 0) is 5.41 Å².